The lowest BCUT2D eigenvalue weighted by atomic mass is 10.2. The molecule has 0 bridgehead atoms. The maximum atomic E-state index is 11.7. The molecule has 2 rings (SSSR count). The average molecular weight is 300 g/mol. The molecule has 7 heteroatoms. The zero-order valence-electron chi connectivity index (χ0n) is 11.8. The molecular weight excluding hydrogens is 280 g/mol. The number of hydrogen-bond donors (Lipinski definition) is 1. The SMILES string of the molecule is COc1ccnc(CNCC2CCCS2(=O)=O)c1OC. The maximum absolute atomic E-state index is 11.7. The van der Waals surface area contributed by atoms with Gasteiger partial charge in [-0.15, -0.1) is 0 Å². The number of nitrogens with one attached hydrogen (secondary N) is 1. The second-order valence-electron chi connectivity index (χ2n) is 4.76. The van der Waals surface area contributed by atoms with E-state index in [1.54, 1.807) is 26.5 Å². The van der Waals surface area contributed by atoms with Crippen LogP contribution in [0.25, 0.3) is 0 Å². The Labute approximate surface area is 119 Å². The zero-order valence-corrected chi connectivity index (χ0v) is 12.6. The fraction of sp³-hybridized carbons (Fsp3) is 0.615. The van der Waals surface area contributed by atoms with Gasteiger partial charge in [0, 0.05) is 25.4 Å². The van der Waals surface area contributed by atoms with Gasteiger partial charge < -0.3 is 14.8 Å². The molecule has 1 N–H and O–H groups in total. The van der Waals surface area contributed by atoms with E-state index in [1.807, 2.05) is 0 Å². The first-order chi connectivity index (χ1) is 9.58. The van der Waals surface area contributed by atoms with Crippen molar-refractivity contribution in [3.05, 3.63) is 18.0 Å². The molecule has 0 spiro atoms. The quantitative estimate of drug-likeness (QED) is 0.836. The number of ether oxygens (including phenoxy) is 2. The van der Waals surface area contributed by atoms with Crippen LogP contribution in [-0.4, -0.2) is 45.2 Å². The number of methoxy groups -OCH3 is 2. The van der Waals surface area contributed by atoms with Gasteiger partial charge in [0.2, 0.25) is 0 Å². The molecular formula is C13H20N2O4S. The molecule has 0 saturated carbocycles. The minimum Gasteiger partial charge on any atom is -0.493 e. The third-order valence-electron chi connectivity index (χ3n) is 3.49. The van der Waals surface area contributed by atoms with Crippen LogP contribution in [-0.2, 0) is 16.4 Å². The summed E-state index contributed by atoms with van der Waals surface area (Å²) < 4.78 is 33.9. The molecule has 1 saturated heterocycles. The first-order valence-electron chi connectivity index (χ1n) is 6.56. The van der Waals surface area contributed by atoms with Crippen molar-refractivity contribution in [1.29, 1.82) is 0 Å². The Hall–Kier alpha value is -1.34. The minimum atomic E-state index is -2.91. The van der Waals surface area contributed by atoms with Crippen LogP contribution in [0.5, 0.6) is 11.5 Å². The molecule has 20 heavy (non-hydrogen) atoms. The van der Waals surface area contributed by atoms with Crippen LogP contribution in [0.2, 0.25) is 0 Å². The van der Waals surface area contributed by atoms with E-state index < -0.39 is 9.84 Å². The first kappa shape index (κ1) is 15.1. The topological polar surface area (TPSA) is 77.5 Å². The highest BCUT2D eigenvalue weighted by atomic mass is 32.2. The number of rotatable bonds is 6. The van der Waals surface area contributed by atoms with Crippen molar-refractivity contribution in [2.75, 3.05) is 26.5 Å². The molecule has 1 atom stereocenters. The number of aromatic nitrogens is 1. The summed E-state index contributed by atoms with van der Waals surface area (Å²) in [6.45, 7) is 0.900. The van der Waals surface area contributed by atoms with Gasteiger partial charge in [-0.3, -0.25) is 4.98 Å². The molecule has 0 amide bonds. The monoisotopic (exact) mass is 300 g/mol. The summed E-state index contributed by atoms with van der Waals surface area (Å²) in [4.78, 5) is 4.24. The Morgan fingerprint density at radius 3 is 2.80 bits per heavy atom. The van der Waals surface area contributed by atoms with Crippen LogP contribution in [0.4, 0.5) is 0 Å². The smallest absolute Gasteiger partial charge is 0.183 e. The highest BCUT2D eigenvalue weighted by Crippen LogP contribution is 2.28. The number of pyridine rings is 1. The third kappa shape index (κ3) is 3.21. The van der Waals surface area contributed by atoms with E-state index in [-0.39, 0.29) is 5.25 Å². The van der Waals surface area contributed by atoms with E-state index in [2.05, 4.69) is 10.3 Å². The van der Waals surface area contributed by atoms with Gasteiger partial charge >= 0.3 is 0 Å². The highest BCUT2D eigenvalue weighted by molar-refractivity contribution is 7.92. The van der Waals surface area contributed by atoms with Crippen molar-refractivity contribution in [2.45, 2.75) is 24.6 Å². The van der Waals surface area contributed by atoms with Gasteiger partial charge in [-0.05, 0) is 12.8 Å². The van der Waals surface area contributed by atoms with Gasteiger partial charge in [-0.1, -0.05) is 0 Å². The first-order valence-corrected chi connectivity index (χ1v) is 8.28. The van der Waals surface area contributed by atoms with Crippen LogP contribution < -0.4 is 14.8 Å². The minimum absolute atomic E-state index is 0.279. The molecule has 6 nitrogen and oxygen atoms in total. The molecule has 1 aliphatic heterocycles. The Morgan fingerprint density at radius 1 is 1.40 bits per heavy atom. The third-order valence-corrected chi connectivity index (χ3v) is 5.77. The van der Waals surface area contributed by atoms with Gasteiger partial charge in [0.15, 0.2) is 21.3 Å². The summed E-state index contributed by atoms with van der Waals surface area (Å²) in [5, 5.41) is 2.87. The van der Waals surface area contributed by atoms with Gasteiger partial charge in [0.25, 0.3) is 0 Å². The molecule has 0 aromatic carbocycles. The van der Waals surface area contributed by atoms with Crippen LogP contribution in [0.3, 0.4) is 0 Å². The standard InChI is InChI=1S/C13H20N2O4S/c1-18-12-5-6-15-11(13(12)19-2)9-14-8-10-4-3-7-20(10,16)17/h5-6,10,14H,3-4,7-9H2,1-2H3. The van der Waals surface area contributed by atoms with E-state index >= 15 is 0 Å². The molecule has 1 unspecified atom stereocenters. The lowest BCUT2D eigenvalue weighted by molar-refractivity contribution is 0.348. The number of nitrogens with zero attached hydrogens (tertiary/aromatic N) is 1. The van der Waals surface area contributed by atoms with E-state index in [1.165, 1.54) is 0 Å². The summed E-state index contributed by atoms with van der Waals surface area (Å²) in [6, 6.07) is 1.73. The van der Waals surface area contributed by atoms with Crippen molar-refractivity contribution in [1.82, 2.24) is 10.3 Å². The Balaban J connectivity index is 1.98. The summed E-state index contributed by atoms with van der Waals surface area (Å²) in [5.41, 5.74) is 0.710. The predicted molar refractivity (Wildman–Crippen MR) is 75.9 cm³/mol. The Bertz CT molecular complexity index is 559. The van der Waals surface area contributed by atoms with E-state index in [0.717, 1.165) is 12.8 Å². The van der Waals surface area contributed by atoms with Gasteiger partial charge in [0.1, 0.15) is 0 Å². The molecule has 1 aromatic rings. The molecule has 0 aliphatic carbocycles. The summed E-state index contributed by atoms with van der Waals surface area (Å²) >= 11 is 0. The Kier molecular flexibility index (Phi) is 4.82. The van der Waals surface area contributed by atoms with E-state index in [0.29, 0.717) is 36.0 Å². The maximum Gasteiger partial charge on any atom is 0.183 e. The van der Waals surface area contributed by atoms with Crippen molar-refractivity contribution in [3.8, 4) is 11.5 Å². The molecule has 1 aliphatic rings. The van der Waals surface area contributed by atoms with Crippen LogP contribution >= 0.6 is 0 Å². The second-order valence-corrected chi connectivity index (χ2v) is 7.16. The molecule has 0 radical (unpaired) electrons. The zero-order chi connectivity index (χ0) is 14.6. The summed E-state index contributed by atoms with van der Waals surface area (Å²) in [6.07, 6.45) is 3.14. The fourth-order valence-corrected chi connectivity index (χ4v) is 4.22. The second kappa shape index (κ2) is 6.41. The van der Waals surface area contributed by atoms with E-state index in [9.17, 15) is 8.42 Å². The molecule has 112 valence electrons. The molecule has 2 heterocycles. The normalized spacial score (nSPS) is 20.8. The van der Waals surface area contributed by atoms with Crippen molar-refractivity contribution in [2.24, 2.45) is 0 Å². The van der Waals surface area contributed by atoms with E-state index in [4.69, 9.17) is 9.47 Å². The van der Waals surface area contributed by atoms with Crippen molar-refractivity contribution < 1.29 is 17.9 Å². The lowest BCUT2D eigenvalue weighted by Gasteiger charge is -2.14. The highest BCUT2D eigenvalue weighted by Gasteiger charge is 2.30. The number of sulfone groups is 1. The molecule has 1 aromatic heterocycles. The van der Waals surface area contributed by atoms with Crippen molar-refractivity contribution in [3.63, 3.8) is 0 Å². The van der Waals surface area contributed by atoms with Crippen LogP contribution in [0.1, 0.15) is 18.5 Å². The summed E-state index contributed by atoms with van der Waals surface area (Å²) in [7, 11) is 0.221. The largest absolute Gasteiger partial charge is 0.493 e. The fourth-order valence-electron chi connectivity index (χ4n) is 2.42. The van der Waals surface area contributed by atoms with Crippen LogP contribution in [0, 0.1) is 0 Å². The average Bonchev–Trinajstić information content (AvgIpc) is 2.77. The predicted octanol–water partition coefficient (Wildman–Crippen LogP) is 0.766. The lowest BCUT2D eigenvalue weighted by Crippen LogP contribution is -2.30. The van der Waals surface area contributed by atoms with Crippen molar-refractivity contribution >= 4 is 9.84 Å². The Morgan fingerprint density at radius 2 is 2.20 bits per heavy atom. The van der Waals surface area contributed by atoms with Gasteiger partial charge in [-0.2, -0.15) is 0 Å². The van der Waals surface area contributed by atoms with Crippen LogP contribution in [0.15, 0.2) is 12.3 Å². The van der Waals surface area contributed by atoms with Gasteiger partial charge in [0.05, 0.1) is 30.9 Å². The van der Waals surface area contributed by atoms with Gasteiger partial charge in [-0.25, -0.2) is 8.42 Å². The number of hydrogen-bond acceptors (Lipinski definition) is 6. The molecule has 1 fully saturated rings. The summed E-state index contributed by atoms with van der Waals surface area (Å²) in [5.74, 6) is 1.50.